The summed E-state index contributed by atoms with van der Waals surface area (Å²) in [6.07, 6.45) is 2.04. The number of fused-ring (bicyclic) bond motifs is 1. The lowest BCUT2D eigenvalue weighted by Gasteiger charge is -2.11. The Labute approximate surface area is 110 Å². The lowest BCUT2D eigenvalue weighted by atomic mass is 10.1. The Morgan fingerprint density at radius 3 is 2.84 bits per heavy atom. The van der Waals surface area contributed by atoms with Gasteiger partial charge in [0, 0.05) is 17.1 Å². The maximum absolute atomic E-state index is 11.9. The third-order valence-corrected chi connectivity index (χ3v) is 2.96. The topological polar surface area (TPSA) is 71.2 Å². The van der Waals surface area contributed by atoms with E-state index in [1.54, 1.807) is 6.92 Å². The van der Waals surface area contributed by atoms with Crippen LogP contribution < -0.4 is 5.32 Å². The van der Waals surface area contributed by atoms with Crippen LogP contribution in [0.2, 0.25) is 0 Å². The lowest BCUT2D eigenvalue weighted by Crippen LogP contribution is -2.39. The molecule has 2 N–H and O–H groups in total. The predicted molar refractivity (Wildman–Crippen MR) is 71.6 cm³/mol. The molecule has 100 valence electrons. The molecule has 5 nitrogen and oxygen atoms in total. The predicted octanol–water partition coefficient (Wildman–Crippen LogP) is 1.39. The molecule has 0 aliphatic rings. The number of carbonyl (C=O) groups excluding carboxylic acids is 2. The van der Waals surface area contributed by atoms with Gasteiger partial charge in [-0.05, 0) is 18.6 Å². The highest BCUT2D eigenvalue weighted by Gasteiger charge is 2.16. The van der Waals surface area contributed by atoms with Crippen LogP contribution in [0.15, 0.2) is 30.5 Å². The molecule has 2 aromatic rings. The van der Waals surface area contributed by atoms with Crippen molar-refractivity contribution in [2.45, 2.75) is 19.4 Å². The molecule has 1 amide bonds. The van der Waals surface area contributed by atoms with Gasteiger partial charge in [-0.2, -0.15) is 0 Å². The number of benzene rings is 1. The summed E-state index contributed by atoms with van der Waals surface area (Å²) in [7, 11) is 1.30. The summed E-state index contributed by atoms with van der Waals surface area (Å²) >= 11 is 0. The number of ether oxygens (including phenoxy) is 1. The standard InChI is InChI=1S/C14H16N2O3/c1-9(14(18)19-2)16-13(17)7-10-8-15-12-6-4-3-5-11(10)12/h3-6,8-9,15H,7H2,1-2H3,(H,16,17)/t9-/m0/s1. The van der Waals surface area contributed by atoms with Crippen LogP contribution in [0.3, 0.4) is 0 Å². The van der Waals surface area contributed by atoms with Crippen molar-refractivity contribution in [3.8, 4) is 0 Å². The minimum absolute atomic E-state index is 0.206. The van der Waals surface area contributed by atoms with Crippen molar-refractivity contribution in [3.63, 3.8) is 0 Å². The second-order valence-corrected chi connectivity index (χ2v) is 4.35. The summed E-state index contributed by atoms with van der Waals surface area (Å²) in [6.45, 7) is 1.60. The van der Waals surface area contributed by atoms with Gasteiger partial charge in [0.05, 0.1) is 13.5 Å². The Morgan fingerprint density at radius 2 is 2.11 bits per heavy atom. The molecule has 2 rings (SSSR count). The number of carbonyl (C=O) groups is 2. The first-order chi connectivity index (χ1) is 9.11. The van der Waals surface area contributed by atoms with Crippen LogP contribution in [0.25, 0.3) is 10.9 Å². The smallest absolute Gasteiger partial charge is 0.328 e. The van der Waals surface area contributed by atoms with E-state index < -0.39 is 12.0 Å². The summed E-state index contributed by atoms with van der Waals surface area (Å²) in [6, 6.07) is 7.13. The molecular formula is C14H16N2O3. The molecule has 0 aliphatic carbocycles. The number of esters is 1. The van der Waals surface area contributed by atoms with E-state index in [0.717, 1.165) is 16.5 Å². The van der Waals surface area contributed by atoms with Crippen molar-refractivity contribution in [2.24, 2.45) is 0 Å². The number of para-hydroxylation sites is 1. The maximum atomic E-state index is 11.9. The van der Waals surface area contributed by atoms with Crippen molar-refractivity contribution in [3.05, 3.63) is 36.0 Å². The highest BCUT2D eigenvalue weighted by Crippen LogP contribution is 2.17. The number of H-pyrrole nitrogens is 1. The fourth-order valence-corrected chi connectivity index (χ4v) is 1.98. The van der Waals surface area contributed by atoms with Gasteiger partial charge in [0.15, 0.2) is 0 Å². The van der Waals surface area contributed by atoms with Crippen LogP contribution >= 0.6 is 0 Å². The third kappa shape index (κ3) is 2.93. The maximum Gasteiger partial charge on any atom is 0.328 e. The Bertz CT molecular complexity index is 604. The van der Waals surface area contributed by atoms with E-state index >= 15 is 0 Å². The largest absolute Gasteiger partial charge is 0.467 e. The van der Waals surface area contributed by atoms with E-state index in [-0.39, 0.29) is 12.3 Å². The zero-order chi connectivity index (χ0) is 13.8. The van der Waals surface area contributed by atoms with Gasteiger partial charge in [0.1, 0.15) is 6.04 Å². The number of methoxy groups -OCH3 is 1. The van der Waals surface area contributed by atoms with Gasteiger partial charge in [-0.25, -0.2) is 4.79 Å². The van der Waals surface area contributed by atoms with Crippen molar-refractivity contribution in [1.29, 1.82) is 0 Å². The molecule has 19 heavy (non-hydrogen) atoms. The van der Waals surface area contributed by atoms with Crippen LogP contribution in [0.1, 0.15) is 12.5 Å². The Morgan fingerprint density at radius 1 is 1.37 bits per heavy atom. The normalized spacial score (nSPS) is 12.1. The highest BCUT2D eigenvalue weighted by atomic mass is 16.5. The lowest BCUT2D eigenvalue weighted by molar-refractivity contribution is -0.144. The first kappa shape index (κ1) is 13.1. The van der Waals surface area contributed by atoms with Crippen molar-refractivity contribution in [2.75, 3.05) is 7.11 Å². The van der Waals surface area contributed by atoms with E-state index in [1.165, 1.54) is 7.11 Å². The van der Waals surface area contributed by atoms with Crippen LogP contribution in [-0.2, 0) is 20.7 Å². The number of aromatic amines is 1. The van der Waals surface area contributed by atoms with Crippen LogP contribution in [0.4, 0.5) is 0 Å². The molecule has 0 aliphatic heterocycles. The van der Waals surface area contributed by atoms with Crippen molar-refractivity contribution < 1.29 is 14.3 Å². The molecule has 0 unspecified atom stereocenters. The SMILES string of the molecule is COC(=O)[C@H](C)NC(=O)Cc1c[nH]c2ccccc12. The molecule has 0 fully saturated rings. The highest BCUT2D eigenvalue weighted by molar-refractivity contribution is 5.90. The molecule has 0 saturated heterocycles. The molecule has 1 aromatic heterocycles. The third-order valence-electron chi connectivity index (χ3n) is 2.96. The number of rotatable bonds is 4. The summed E-state index contributed by atoms with van der Waals surface area (Å²) in [5, 5.41) is 3.62. The van der Waals surface area contributed by atoms with Crippen LogP contribution in [-0.4, -0.2) is 30.0 Å². The number of amides is 1. The number of hydrogen-bond donors (Lipinski definition) is 2. The fourth-order valence-electron chi connectivity index (χ4n) is 1.98. The summed E-state index contributed by atoms with van der Waals surface area (Å²) < 4.78 is 4.56. The van der Waals surface area contributed by atoms with Gasteiger partial charge < -0.3 is 15.0 Å². The van der Waals surface area contributed by atoms with Gasteiger partial charge in [-0.15, -0.1) is 0 Å². The monoisotopic (exact) mass is 260 g/mol. The zero-order valence-electron chi connectivity index (χ0n) is 10.9. The van der Waals surface area contributed by atoms with Gasteiger partial charge in [0.25, 0.3) is 0 Å². The van der Waals surface area contributed by atoms with E-state index in [1.807, 2.05) is 30.5 Å². The van der Waals surface area contributed by atoms with Gasteiger partial charge >= 0.3 is 5.97 Å². The molecule has 1 heterocycles. The van der Waals surface area contributed by atoms with Gasteiger partial charge in [0.2, 0.25) is 5.91 Å². The van der Waals surface area contributed by atoms with E-state index in [2.05, 4.69) is 15.0 Å². The molecule has 5 heteroatoms. The molecule has 1 aromatic carbocycles. The van der Waals surface area contributed by atoms with Gasteiger partial charge in [-0.3, -0.25) is 4.79 Å². The quantitative estimate of drug-likeness (QED) is 0.816. The number of nitrogens with one attached hydrogen (secondary N) is 2. The fraction of sp³-hybridized carbons (Fsp3) is 0.286. The van der Waals surface area contributed by atoms with Crippen molar-refractivity contribution >= 4 is 22.8 Å². The summed E-state index contributed by atoms with van der Waals surface area (Å²) in [5.41, 5.74) is 1.90. The average Bonchev–Trinajstić information content (AvgIpc) is 2.81. The Kier molecular flexibility index (Phi) is 3.85. The second-order valence-electron chi connectivity index (χ2n) is 4.35. The molecule has 0 bridgehead atoms. The molecular weight excluding hydrogens is 244 g/mol. The Hall–Kier alpha value is -2.30. The van der Waals surface area contributed by atoms with Crippen LogP contribution in [0.5, 0.6) is 0 Å². The molecule has 0 spiro atoms. The molecule has 0 saturated carbocycles. The van der Waals surface area contributed by atoms with E-state index in [4.69, 9.17) is 0 Å². The zero-order valence-corrected chi connectivity index (χ0v) is 10.9. The second kappa shape index (κ2) is 5.56. The van der Waals surface area contributed by atoms with Crippen LogP contribution in [0, 0.1) is 0 Å². The number of hydrogen-bond acceptors (Lipinski definition) is 3. The Balaban J connectivity index is 2.05. The minimum atomic E-state index is -0.636. The summed E-state index contributed by atoms with van der Waals surface area (Å²) in [4.78, 5) is 26.2. The van der Waals surface area contributed by atoms with E-state index in [9.17, 15) is 9.59 Å². The first-order valence-electron chi connectivity index (χ1n) is 6.04. The minimum Gasteiger partial charge on any atom is -0.467 e. The number of aromatic nitrogens is 1. The summed E-state index contributed by atoms with van der Waals surface area (Å²) in [5.74, 6) is -0.657. The molecule has 0 radical (unpaired) electrons. The first-order valence-corrected chi connectivity index (χ1v) is 6.04. The molecule has 1 atom stereocenters. The van der Waals surface area contributed by atoms with Gasteiger partial charge in [-0.1, -0.05) is 18.2 Å². The van der Waals surface area contributed by atoms with E-state index in [0.29, 0.717) is 0 Å². The average molecular weight is 260 g/mol. The van der Waals surface area contributed by atoms with Crippen molar-refractivity contribution in [1.82, 2.24) is 10.3 Å².